The first-order chi connectivity index (χ1) is 7.16. The molecular weight excluding hydrogens is 215 g/mol. The van der Waals surface area contributed by atoms with E-state index >= 15 is 0 Å². The summed E-state index contributed by atoms with van der Waals surface area (Å²) in [5.74, 6) is 0.125. The summed E-state index contributed by atoms with van der Waals surface area (Å²) >= 11 is 5.62. The number of carbonyl (C=O) groups excluding carboxylic acids is 1. The summed E-state index contributed by atoms with van der Waals surface area (Å²) in [6, 6.07) is 4.16. The molecule has 1 saturated carbocycles. The number of hydrogen-bond acceptors (Lipinski definition) is 1. The molecule has 0 amide bonds. The average Bonchev–Trinajstić information content (AvgIpc) is 2.15. The zero-order chi connectivity index (χ0) is 10.8. The van der Waals surface area contributed by atoms with Crippen molar-refractivity contribution < 1.29 is 9.18 Å². The molecular formula is C12H12ClFO. The first kappa shape index (κ1) is 10.6. The van der Waals surface area contributed by atoms with E-state index in [1.54, 1.807) is 0 Å². The highest BCUT2D eigenvalue weighted by atomic mass is 35.5. The number of Topliss-reactive ketones (excluding diaryl/α,β-unsaturated/α-hetero) is 1. The molecule has 0 N–H and O–H groups in total. The number of benzene rings is 1. The lowest BCUT2D eigenvalue weighted by Gasteiger charge is -2.24. The first-order valence-corrected chi connectivity index (χ1v) is 5.53. The van der Waals surface area contributed by atoms with Gasteiger partial charge in [0.1, 0.15) is 5.82 Å². The minimum atomic E-state index is -0.475. The van der Waals surface area contributed by atoms with Crippen molar-refractivity contribution in [2.45, 2.75) is 25.7 Å². The summed E-state index contributed by atoms with van der Waals surface area (Å²) < 4.78 is 12.9. The van der Waals surface area contributed by atoms with Crippen molar-refractivity contribution >= 4 is 17.4 Å². The standard InChI is InChI=1S/C12H12ClFO/c13-10-7-9(4-5-11(10)14)12(15)6-8-2-1-3-8/h4-5,7-8H,1-3,6H2. The average molecular weight is 227 g/mol. The Bertz CT molecular complexity index is 385. The van der Waals surface area contributed by atoms with Gasteiger partial charge in [-0.1, -0.05) is 30.9 Å². The number of carbonyl (C=O) groups is 1. The van der Waals surface area contributed by atoms with Crippen molar-refractivity contribution in [3.8, 4) is 0 Å². The molecule has 0 saturated heterocycles. The van der Waals surface area contributed by atoms with Gasteiger partial charge >= 0.3 is 0 Å². The highest BCUT2D eigenvalue weighted by molar-refractivity contribution is 6.31. The minimum Gasteiger partial charge on any atom is -0.294 e. The van der Waals surface area contributed by atoms with Crippen LogP contribution in [0.3, 0.4) is 0 Å². The van der Waals surface area contributed by atoms with Crippen LogP contribution in [-0.2, 0) is 0 Å². The zero-order valence-electron chi connectivity index (χ0n) is 8.30. The molecule has 0 aromatic heterocycles. The van der Waals surface area contributed by atoms with Crippen molar-refractivity contribution in [3.05, 3.63) is 34.6 Å². The van der Waals surface area contributed by atoms with Gasteiger partial charge in [-0.3, -0.25) is 4.79 Å². The van der Waals surface area contributed by atoms with Gasteiger partial charge in [-0.25, -0.2) is 4.39 Å². The van der Waals surface area contributed by atoms with Crippen LogP contribution in [0.4, 0.5) is 4.39 Å². The predicted molar refractivity (Wildman–Crippen MR) is 57.7 cm³/mol. The third-order valence-corrected chi connectivity index (χ3v) is 3.23. The van der Waals surface area contributed by atoms with Gasteiger partial charge in [0.25, 0.3) is 0 Å². The lowest BCUT2D eigenvalue weighted by Crippen LogP contribution is -2.15. The lowest BCUT2D eigenvalue weighted by atomic mass is 9.81. The van der Waals surface area contributed by atoms with Gasteiger partial charge < -0.3 is 0 Å². The molecule has 0 heterocycles. The van der Waals surface area contributed by atoms with Gasteiger partial charge in [-0.15, -0.1) is 0 Å². The van der Waals surface area contributed by atoms with E-state index in [1.165, 1.54) is 24.6 Å². The summed E-state index contributed by atoms with van der Waals surface area (Å²) in [7, 11) is 0. The van der Waals surface area contributed by atoms with Crippen molar-refractivity contribution in [2.24, 2.45) is 5.92 Å². The third kappa shape index (κ3) is 2.37. The summed E-state index contributed by atoms with van der Waals surface area (Å²) in [5.41, 5.74) is 0.522. The topological polar surface area (TPSA) is 17.1 Å². The van der Waals surface area contributed by atoms with Gasteiger partial charge in [0, 0.05) is 12.0 Å². The van der Waals surface area contributed by atoms with E-state index in [4.69, 9.17) is 11.6 Å². The number of hydrogen-bond donors (Lipinski definition) is 0. The SMILES string of the molecule is O=C(CC1CCC1)c1ccc(F)c(Cl)c1. The fraction of sp³-hybridized carbons (Fsp3) is 0.417. The van der Waals surface area contributed by atoms with E-state index in [2.05, 4.69) is 0 Å². The summed E-state index contributed by atoms with van der Waals surface area (Å²) in [6.45, 7) is 0. The Hall–Kier alpha value is -0.890. The van der Waals surface area contributed by atoms with Gasteiger partial charge in [0.05, 0.1) is 5.02 Å². The van der Waals surface area contributed by atoms with Gasteiger partial charge in [0.15, 0.2) is 5.78 Å². The van der Waals surface area contributed by atoms with Crippen molar-refractivity contribution in [1.29, 1.82) is 0 Å². The summed E-state index contributed by atoms with van der Waals surface area (Å²) in [6.07, 6.45) is 4.07. The molecule has 1 aliphatic rings. The molecule has 15 heavy (non-hydrogen) atoms. The first-order valence-electron chi connectivity index (χ1n) is 5.15. The van der Waals surface area contributed by atoms with Crippen LogP contribution in [-0.4, -0.2) is 5.78 Å². The number of ketones is 1. The van der Waals surface area contributed by atoms with E-state index in [0.717, 1.165) is 12.8 Å². The molecule has 2 rings (SSSR count). The molecule has 0 radical (unpaired) electrons. The molecule has 1 aliphatic carbocycles. The maximum Gasteiger partial charge on any atom is 0.163 e. The smallest absolute Gasteiger partial charge is 0.163 e. The molecule has 1 fully saturated rings. The maximum atomic E-state index is 12.9. The Kier molecular flexibility index (Phi) is 3.06. The van der Waals surface area contributed by atoms with Crippen molar-refractivity contribution in [1.82, 2.24) is 0 Å². The molecule has 1 aromatic carbocycles. The molecule has 0 bridgehead atoms. The Morgan fingerprint density at radius 1 is 1.47 bits per heavy atom. The van der Waals surface area contributed by atoms with Crippen molar-refractivity contribution in [3.63, 3.8) is 0 Å². The largest absolute Gasteiger partial charge is 0.294 e. The van der Waals surface area contributed by atoms with Crippen molar-refractivity contribution in [2.75, 3.05) is 0 Å². The van der Waals surface area contributed by atoms with Crippen LogP contribution in [0.15, 0.2) is 18.2 Å². The van der Waals surface area contributed by atoms with Crippen LogP contribution in [0.25, 0.3) is 0 Å². The van der Waals surface area contributed by atoms with Crippen LogP contribution in [0.1, 0.15) is 36.0 Å². The predicted octanol–water partition coefficient (Wildman–Crippen LogP) is 3.85. The molecule has 1 aromatic rings. The fourth-order valence-corrected chi connectivity index (χ4v) is 1.93. The molecule has 0 atom stereocenters. The molecule has 0 aliphatic heterocycles. The van der Waals surface area contributed by atoms with E-state index < -0.39 is 5.82 Å². The second-order valence-electron chi connectivity index (χ2n) is 4.05. The van der Waals surface area contributed by atoms with E-state index in [1.807, 2.05) is 0 Å². The molecule has 3 heteroatoms. The molecule has 1 nitrogen and oxygen atoms in total. The Labute approximate surface area is 93.2 Å². The third-order valence-electron chi connectivity index (χ3n) is 2.94. The second-order valence-corrected chi connectivity index (χ2v) is 4.46. The van der Waals surface area contributed by atoms with E-state index in [0.29, 0.717) is 17.9 Å². The molecule has 80 valence electrons. The van der Waals surface area contributed by atoms with Crippen LogP contribution in [0.2, 0.25) is 5.02 Å². The molecule has 0 unspecified atom stereocenters. The van der Waals surface area contributed by atoms with E-state index in [-0.39, 0.29) is 10.8 Å². The van der Waals surface area contributed by atoms with Crippen LogP contribution in [0, 0.1) is 11.7 Å². The normalized spacial score (nSPS) is 16.1. The zero-order valence-corrected chi connectivity index (χ0v) is 9.06. The lowest BCUT2D eigenvalue weighted by molar-refractivity contribution is 0.0936. The monoisotopic (exact) mass is 226 g/mol. The van der Waals surface area contributed by atoms with Crippen LogP contribution < -0.4 is 0 Å². The fourth-order valence-electron chi connectivity index (χ4n) is 1.75. The van der Waals surface area contributed by atoms with Gasteiger partial charge in [-0.05, 0) is 24.1 Å². The highest BCUT2D eigenvalue weighted by Crippen LogP contribution is 2.30. The highest BCUT2D eigenvalue weighted by Gasteiger charge is 2.21. The van der Waals surface area contributed by atoms with Crippen LogP contribution >= 0.6 is 11.6 Å². The van der Waals surface area contributed by atoms with E-state index in [9.17, 15) is 9.18 Å². The Balaban J connectivity index is 2.07. The Morgan fingerprint density at radius 3 is 2.73 bits per heavy atom. The number of rotatable bonds is 3. The summed E-state index contributed by atoms with van der Waals surface area (Å²) in [5, 5.41) is 0.0226. The molecule has 0 spiro atoms. The van der Waals surface area contributed by atoms with Crippen LogP contribution in [0.5, 0.6) is 0 Å². The maximum absolute atomic E-state index is 12.9. The Morgan fingerprint density at radius 2 is 2.20 bits per heavy atom. The minimum absolute atomic E-state index is 0.0226. The summed E-state index contributed by atoms with van der Waals surface area (Å²) in [4.78, 5) is 11.7. The van der Waals surface area contributed by atoms with Gasteiger partial charge in [-0.2, -0.15) is 0 Å². The second kappa shape index (κ2) is 4.31. The number of halogens is 2. The van der Waals surface area contributed by atoms with Gasteiger partial charge in [0.2, 0.25) is 0 Å². The quantitative estimate of drug-likeness (QED) is 0.716.